The molecule has 1 fully saturated rings. The zero-order valence-electron chi connectivity index (χ0n) is 17.7. The summed E-state index contributed by atoms with van der Waals surface area (Å²) in [5, 5.41) is 11.0. The lowest BCUT2D eigenvalue weighted by molar-refractivity contribution is -0.132. The molecule has 3 aromatic rings. The molecule has 1 atom stereocenters. The fourth-order valence-corrected chi connectivity index (χ4v) is 3.86. The van der Waals surface area contributed by atoms with Crippen molar-refractivity contribution in [3.05, 3.63) is 101 Å². The van der Waals surface area contributed by atoms with Gasteiger partial charge < -0.3 is 9.84 Å². The Kier molecular flexibility index (Phi) is 5.77. The number of ether oxygens (including phenoxy) is 1. The number of amides is 1. The lowest BCUT2D eigenvalue weighted by Crippen LogP contribution is -2.29. The molecule has 1 saturated heterocycles. The van der Waals surface area contributed by atoms with Gasteiger partial charge in [0.1, 0.15) is 17.3 Å². The first-order valence-electron chi connectivity index (χ1n) is 10.2. The molecule has 1 aliphatic heterocycles. The number of hydrogen-bond acceptors (Lipinski definition) is 4. The molecular weight excluding hydrogens is 409 g/mol. The number of aliphatic hydroxyl groups is 1. The molecule has 0 saturated carbocycles. The minimum absolute atomic E-state index is 0.0497. The number of methoxy groups -OCH3 is 1. The molecule has 0 aromatic heterocycles. The maximum Gasteiger partial charge on any atom is 0.300 e. The van der Waals surface area contributed by atoms with E-state index in [9.17, 15) is 19.1 Å². The number of aryl methyl sites for hydroxylation is 1. The van der Waals surface area contributed by atoms with Crippen LogP contribution in [0.4, 0.5) is 10.1 Å². The summed E-state index contributed by atoms with van der Waals surface area (Å²) in [5.74, 6) is -1.73. The van der Waals surface area contributed by atoms with E-state index < -0.39 is 23.5 Å². The minimum atomic E-state index is -0.849. The van der Waals surface area contributed by atoms with Crippen LogP contribution >= 0.6 is 0 Å². The molecule has 1 heterocycles. The maximum absolute atomic E-state index is 13.4. The molecule has 1 aliphatic rings. The molecule has 5 nitrogen and oxygen atoms in total. The van der Waals surface area contributed by atoms with Crippen molar-refractivity contribution in [2.75, 3.05) is 12.0 Å². The van der Waals surface area contributed by atoms with Crippen molar-refractivity contribution in [3.63, 3.8) is 0 Å². The van der Waals surface area contributed by atoms with Gasteiger partial charge in [0.15, 0.2) is 0 Å². The number of ketones is 1. The molecule has 1 unspecified atom stereocenters. The summed E-state index contributed by atoms with van der Waals surface area (Å²) in [6.07, 6.45) is 0.839. The monoisotopic (exact) mass is 431 g/mol. The van der Waals surface area contributed by atoms with Gasteiger partial charge in [0.05, 0.1) is 18.7 Å². The van der Waals surface area contributed by atoms with Crippen LogP contribution in [-0.2, 0) is 16.0 Å². The predicted octanol–water partition coefficient (Wildman–Crippen LogP) is 5.02. The van der Waals surface area contributed by atoms with E-state index in [4.69, 9.17) is 4.74 Å². The Bertz CT molecular complexity index is 1180. The quantitative estimate of drug-likeness (QED) is 0.350. The molecule has 0 spiro atoms. The van der Waals surface area contributed by atoms with Gasteiger partial charge in [-0.05, 0) is 66.1 Å². The third-order valence-corrected chi connectivity index (χ3v) is 5.62. The number of carbonyl (C=O) groups excluding carboxylic acids is 2. The first-order chi connectivity index (χ1) is 15.4. The number of nitrogens with zero attached hydrogens (tertiary/aromatic N) is 1. The first-order valence-corrected chi connectivity index (χ1v) is 10.2. The first kappa shape index (κ1) is 21.3. The molecule has 3 aromatic carbocycles. The number of Topliss-reactive ketones (excluding diaryl/α,β-unsaturated/α-hetero) is 1. The highest BCUT2D eigenvalue weighted by Gasteiger charge is 2.46. The molecule has 0 bridgehead atoms. The molecule has 162 valence electrons. The van der Waals surface area contributed by atoms with E-state index in [1.54, 1.807) is 43.5 Å². The van der Waals surface area contributed by atoms with Gasteiger partial charge >= 0.3 is 0 Å². The van der Waals surface area contributed by atoms with E-state index in [0.717, 1.165) is 12.0 Å². The van der Waals surface area contributed by atoms with Crippen molar-refractivity contribution in [2.24, 2.45) is 0 Å². The number of halogens is 1. The summed E-state index contributed by atoms with van der Waals surface area (Å²) in [7, 11) is 1.55. The van der Waals surface area contributed by atoms with E-state index in [2.05, 4.69) is 0 Å². The Labute approximate surface area is 185 Å². The standard InChI is InChI=1S/C26H22FNO4/c1-3-16-4-12-20(13-5-16)28-23(17-8-14-21(32-2)15-9-17)22(25(30)26(28)31)24(29)18-6-10-19(27)11-7-18/h4-15,23,29H,3H2,1-2H3/b24-22+. The predicted molar refractivity (Wildman–Crippen MR) is 120 cm³/mol. The van der Waals surface area contributed by atoms with Crippen LogP contribution in [0.3, 0.4) is 0 Å². The number of anilines is 1. The summed E-state index contributed by atoms with van der Waals surface area (Å²) < 4.78 is 18.6. The highest BCUT2D eigenvalue weighted by molar-refractivity contribution is 6.51. The van der Waals surface area contributed by atoms with Gasteiger partial charge in [0, 0.05) is 11.3 Å². The van der Waals surface area contributed by atoms with E-state index in [1.165, 1.54) is 29.2 Å². The van der Waals surface area contributed by atoms with Crippen LogP contribution in [0.5, 0.6) is 5.75 Å². The second-order valence-electron chi connectivity index (χ2n) is 7.47. The van der Waals surface area contributed by atoms with Crippen molar-refractivity contribution >= 4 is 23.1 Å². The molecule has 4 rings (SSSR count). The Hall–Kier alpha value is -3.93. The largest absolute Gasteiger partial charge is 0.507 e. The fraction of sp³-hybridized carbons (Fsp3) is 0.154. The molecule has 1 N–H and O–H groups in total. The van der Waals surface area contributed by atoms with E-state index >= 15 is 0 Å². The smallest absolute Gasteiger partial charge is 0.300 e. The Morgan fingerprint density at radius 3 is 2.16 bits per heavy atom. The topological polar surface area (TPSA) is 66.8 Å². The molecular formula is C26H22FNO4. The molecule has 1 amide bonds. The fourth-order valence-electron chi connectivity index (χ4n) is 3.86. The number of benzene rings is 3. The number of carbonyl (C=O) groups is 2. The van der Waals surface area contributed by atoms with Gasteiger partial charge in [-0.15, -0.1) is 0 Å². The van der Waals surface area contributed by atoms with Crippen molar-refractivity contribution in [3.8, 4) is 5.75 Å². The van der Waals surface area contributed by atoms with Crippen molar-refractivity contribution < 1.29 is 23.8 Å². The highest BCUT2D eigenvalue weighted by atomic mass is 19.1. The van der Waals surface area contributed by atoms with Crippen molar-refractivity contribution in [1.82, 2.24) is 0 Å². The third kappa shape index (κ3) is 3.75. The molecule has 6 heteroatoms. The highest BCUT2D eigenvalue weighted by Crippen LogP contribution is 2.42. The lowest BCUT2D eigenvalue weighted by atomic mass is 9.95. The van der Waals surface area contributed by atoms with Gasteiger partial charge in [-0.1, -0.05) is 31.2 Å². The van der Waals surface area contributed by atoms with Crippen LogP contribution in [0.25, 0.3) is 5.76 Å². The average Bonchev–Trinajstić information content (AvgIpc) is 3.09. The normalized spacial score (nSPS) is 17.6. The van der Waals surface area contributed by atoms with E-state index in [0.29, 0.717) is 17.0 Å². The summed E-state index contributed by atoms with van der Waals surface area (Å²) in [6, 6.07) is 18.6. The summed E-state index contributed by atoms with van der Waals surface area (Å²) in [6.45, 7) is 2.03. The summed E-state index contributed by atoms with van der Waals surface area (Å²) in [4.78, 5) is 27.6. The Morgan fingerprint density at radius 1 is 0.969 bits per heavy atom. The molecule has 0 aliphatic carbocycles. The van der Waals surface area contributed by atoms with Gasteiger partial charge in [-0.2, -0.15) is 0 Å². The Morgan fingerprint density at radius 2 is 1.59 bits per heavy atom. The number of aliphatic hydroxyl groups excluding tert-OH is 1. The summed E-state index contributed by atoms with van der Waals surface area (Å²) >= 11 is 0. The van der Waals surface area contributed by atoms with Gasteiger partial charge in [0.2, 0.25) is 0 Å². The van der Waals surface area contributed by atoms with Crippen LogP contribution in [0, 0.1) is 5.82 Å². The van der Waals surface area contributed by atoms with Gasteiger partial charge in [0.25, 0.3) is 11.7 Å². The SMILES string of the molecule is CCc1ccc(N2C(=O)C(=O)/C(=C(/O)c3ccc(F)cc3)C2c2ccc(OC)cc2)cc1. The van der Waals surface area contributed by atoms with Crippen LogP contribution in [0.15, 0.2) is 78.4 Å². The van der Waals surface area contributed by atoms with Crippen molar-refractivity contribution in [2.45, 2.75) is 19.4 Å². The van der Waals surface area contributed by atoms with Crippen LogP contribution < -0.4 is 9.64 Å². The second-order valence-corrected chi connectivity index (χ2v) is 7.47. The minimum Gasteiger partial charge on any atom is -0.507 e. The van der Waals surface area contributed by atoms with E-state index in [1.807, 2.05) is 19.1 Å². The number of hydrogen-bond donors (Lipinski definition) is 1. The lowest BCUT2D eigenvalue weighted by Gasteiger charge is -2.25. The van der Waals surface area contributed by atoms with Crippen LogP contribution in [-0.4, -0.2) is 23.9 Å². The third-order valence-electron chi connectivity index (χ3n) is 5.62. The van der Waals surface area contributed by atoms with Crippen molar-refractivity contribution in [1.29, 1.82) is 0 Å². The van der Waals surface area contributed by atoms with Crippen LogP contribution in [0.1, 0.15) is 29.7 Å². The summed E-state index contributed by atoms with van der Waals surface area (Å²) in [5.41, 5.74) is 2.48. The zero-order valence-corrected chi connectivity index (χ0v) is 17.7. The number of rotatable bonds is 5. The van der Waals surface area contributed by atoms with Crippen LogP contribution in [0.2, 0.25) is 0 Å². The maximum atomic E-state index is 13.4. The molecule has 0 radical (unpaired) electrons. The van der Waals surface area contributed by atoms with Gasteiger partial charge in [-0.3, -0.25) is 14.5 Å². The average molecular weight is 431 g/mol. The van der Waals surface area contributed by atoms with Gasteiger partial charge in [-0.25, -0.2) is 4.39 Å². The molecule has 32 heavy (non-hydrogen) atoms. The van der Waals surface area contributed by atoms with E-state index in [-0.39, 0.29) is 16.9 Å². The zero-order chi connectivity index (χ0) is 22.8. The second kappa shape index (κ2) is 8.67. The Balaban J connectivity index is 1.90.